The first-order valence-electron chi connectivity index (χ1n) is 9.08. The number of amides is 1. The number of hydrogen-bond acceptors (Lipinski definition) is 5. The number of hydrogen-bond donors (Lipinski definition) is 0. The minimum absolute atomic E-state index is 0.166. The average Bonchev–Trinajstić information content (AvgIpc) is 3.03. The Labute approximate surface area is 173 Å². The number of carbonyl (C=O) groups excluding carboxylic acids is 1. The third-order valence-electron chi connectivity index (χ3n) is 4.50. The van der Waals surface area contributed by atoms with Gasteiger partial charge in [0.15, 0.2) is 16.3 Å². The number of methoxy groups -OCH3 is 3. The van der Waals surface area contributed by atoms with Crippen LogP contribution in [0.4, 0.5) is 0 Å². The molecule has 0 unspecified atom stereocenters. The Balaban J connectivity index is 2.07. The Morgan fingerprint density at radius 2 is 1.79 bits per heavy atom. The van der Waals surface area contributed by atoms with E-state index in [0.29, 0.717) is 28.6 Å². The molecule has 0 N–H and O–H groups in total. The highest BCUT2D eigenvalue weighted by Gasteiger charge is 2.14. The van der Waals surface area contributed by atoms with Crippen molar-refractivity contribution in [2.75, 3.05) is 21.3 Å². The molecule has 0 aliphatic carbocycles. The van der Waals surface area contributed by atoms with E-state index in [0.717, 1.165) is 21.3 Å². The molecule has 1 aromatic heterocycles. The van der Waals surface area contributed by atoms with E-state index in [4.69, 9.17) is 14.2 Å². The lowest BCUT2D eigenvalue weighted by Gasteiger charge is -2.08. The van der Waals surface area contributed by atoms with Crippen LogP contribution in [-0.2, 0) is 17.8 Å². The summed E-state index contributed by atoms with van der Waals surface area (Å²) in [5.74, 6) is 1.70. The summed E-state index contributed by atoms with van der Waals surface area (Å²) in [5.41, 5.74) is 2.80. The lowest BCUT2D eigenvalue weighted by molar-refractivity contribution is -0.117. The lowest BCUT2D eigenvalue weighted by Crippen LogP contribution is -2.17. The van der Waals surface area contributed by atoms with Gasteiger partial charge in [-0.3, -0.25) is 4.79 Å². The standard InChI is InChI=1S/C22H24N2O4S/c1-6-9-24-16-12-18(27-4)19(28-5)13-20(16)29-22(24)23-21(25)11-15-10-14(2)7-8-17(15)26-3/h6-8,10,12-13H,1,9,11H2,2-5H3. The quantitative estimate of drug-likeness (QED) is 0.553. The van der Waals surface area contributed by atoms with Gasteiger partial charge < -0.3 is 18.8 Å². The van der Waals surface area contributed by atoms with Gasteiger partial charge >= 0.3 is 0 Å². The van der Waals surface area contributed by atoms with Crippen LogP contribution in [0.25, 0.3) is 10.2 Å². The molecular formula is C22H24N2O4S. The molecule has 0 atom stereocenters. The van der Waals surface area contributed by atoms with Gasteiger partial charge in [0.25, 0.3) is 5.91 Å². The molecule has 7 heteroatoms. The van der Waals surface area contributed by atoms with Crippen molar-refractivity contribution in [3.05, 3.63) is 58.9 Å². The lowest BCUT2D eigenvalue weighted by atomic mass is 10.1. The molecule has 3 aromatic rings. The van der Waals surface area contributed by atoms with Crippen LogP contribution in [0.15, 0.2) is 48.0 Å². The van der Waals surface area contributed by atoms with Gasteiger partial charge in [0.1, 0.15) is 5.75 Å². The molecule has 152 valence electrons. The van der Waals surface area contributed by atoms with Crippen LogP contribution in [0, 0.1) is 6.92 Å². The topological polar surface area (TPSA) is 62.1 Å². The van der Waals surface area contributed by atoms with Crippen molar-refractivity contribution in [2.45, 2.75) is 19.9 Å². The van der Waals surface area contributed by atoms with Crippen LogP contribution >= 0.6 is 11.3 Å². The fraction of sp³-hybridized carbons (Fsp3) is 0.273. The molecule has 0 saturated carbocycles. The first-order chi connectivity index (χ1) is 14.0. The van der Waals surface area contributed by atoms with Crippen LogP contribution in [0.1, 0.15) is 11.1 Å². The van der Waals surface area contributed by atoms with Crippen molar-refractivity contribution in [2.24, 2.45) is 4.99 Å². The van der Waals surface area contributed by atoms with Gasteiger partial charge in [-0.25, -0.2) is 0 Å². The summed E-state index contributed by atoms with van der Waals surface area (Å²) in [5, 5.41) is 0. The second-order valence-corrected chi connectivity index (χ2v) is 7.47. The molecule has 0 saturated heterocycles. The number of fused-ring (bicyclic) bond motifs is 1. The fourth-order valence-corrected chi connectivity index (χ4v) is 4.21. The summed E-state index contributed by atoms with van der Waals surface area (Å²) >= 11 is 1.43. The fourth-order valence-electron chi connectivity index (χ4n) is 3.14. The second-order valence-electron chi connectivity index (χ2n) is 6.46. The first-order valence-corrected chi connectivity index (χ1v) is 9.89. The molecule has 1 heterocycles. The third kappa shape index (κ3) is 4.35. The zero-order chi connectivity index (χ0) is 21.0. The maximum Gasteiger partial charge on any atom is 0.252 e. The van der Waals surface area contributed by atoms with Crippen LogP contribution in [0.3, 0.4) is 0 Å². The molecule has 0 spiro atoms. The molecular weight excluding hydrogens is 388 g/mol. The van der Waals surface area contributed by atoms with E-state index in [-0.39, 0.29) is 12.3 Å². The largest absolute Gasteiger partial charge is 0.496 e. The SMILES string of the molecule is C=CCn1c(=NC(=O)Cc2cc(C)ccc2OC)sc2cc(OC)c(OC)cc21. The van der Waals surface area contributed by atoms with Gasteiger partial charge in [0.05, 0.1) is 38.0 Å². The number of ether oxygens (including phenoxy) is 3. The Kier molecular flexibility index (Phi) is 6.39. The van der Waals surface area contributed by atoms with Gasteiger partial charge in [0.2, 0.25) is 0 Å². The Morgan fingerprint density at radius 3 is 2.45 bits per heavy atom. The minimum atomic E-state index is -0.239. The predicted octanol–water partition coefficient (Wildman–Crippen LogP) is 3.89. The maximum atomic E-state index is 12.7. The normalized spacial score (nSPS) is 11.5. The smallest absolute Gasteiger partial charge is 0.252 e. The molecule has 3 rings (SSSR count). The van der Waals surface area contributed by atoms with Crippen LogP contribution in [-0.4, -0.2) is 31.8 Å². The van der Waals surface area contributed by atoms with Gasteiger partial charge in [-0.1, -0.05) is 35.1 Å². The molecule has 0 aliphatic rings. The highest BCUT2D eigenvalue weighted by molar-refractivity contribution is 7.16. The van der Waals surface area contributed by atoms with E-state index >= 15 is 0 Å². The Bertz CT molecular complexity index is 1130. The van der Waals surface area contributed by atoms with Crippen LogP contribution in [0.5, 0.6) is 17.2 Å². The van der Waals surface area contributed by atoms with E-state index in [2.05, 4.69) is 11.6 Å². The Morgan fingerprint density at radius 1 is 1.10 bits per heavy atom. The van der Waals surface area contributed by atoms with Crippen molar-refractivity contribution in [1.29, 1.82) is 0 Å². The van der Waals surface area contributed by atoms with Gasteiger partial charge in [0, 0.05) is 24.2 Å². The van der Waals surface area contributed by atoms with Crippen LogP contribution < -0.4 is 19.0 Å². The molecule has 6 nitrogen and oxygen atoms in total. The number of rotatable bonds is 7. The Hall–Kier alpha value is -3.06. The molecule has 0 bridgehead atoms. The number of carbonyl (C=O) groups is 1. The molecule has 1 amide bonds. The minimum Gasteiger partial charge on any atom is -0.496 e. The summed E-state index contributed by atoms with van der Waals surface area (Å²) in [6, 6.07) is 9.56. The number of aryl methyl sites for hydroxylation is 1. The van der Waals surface area contributed by atoms with E-state index in [1.807, 2.05) is 41.8 Å². The number of thiazole rings is 1. The van der Waals surface area contributed by atoms with Crippen molar-refractivity contribution in [3.63, 3.8) is 0 Å². The van der Waals surface area contributed by atoms with Crippen molar-refractivity contribution >= 4 is 27.5 Å². The highest BCUT2D eigenvalue weighted by atomic mass is 32.1. The second kappa shape index (κ2) is 8.96. The zero-order valence-electron chi connectivity index (χ0n) is 17.0. The van der Waals surface area contributed by atoms with E-state index in [1.165, 1.54) is 11.3 Å². The van der Waals surface area contributed by atoms with Gasteiger partial charge in [-0.05, 0) is 13.0 Å². The molecule has 0 radical (unpaired) electrons. The number of benzene rings is 2. The van der Waals surface area contributed by atoms with Gasteiger partial charge in [-0.15, -0.1) is 6.58 Å². The summed E-state index contributed by atoms with van der Waals surface area (Å²) in [6.45, 7) is 6.33. The number of aromatic nitrogens is 1. The molecule has 29 heavy (non-hydrogen) atoms. The van der Waals surface area contributed by atoms with Crippen molar-refractivity contribution in [3.8, 4) is 17.2 Å². The number of allylic oxidation sites excluding steroid dienone is 1. The van der Waals surface area contributed by atoms with Crippen molar-refractivity contribution in [1.82, 2.24) is 4.57 Å². The highest BCUT2D eigenvalue weighted by Crippen LogP contribution is 2.33. The molecule has 2 aromatic carbocycles. The number of nitrogens with zero attached hydrogens (tertiary/aromatic N) is 2. The zero-order valence-corrected chi connectivity index (χ0v) is 17.8. The van der Waals surface area contributed by atoms with E-state index < -0.39 is 0 Å². The summed E-state index contributed by atoms with van der Waals surface area (Å²) < 4.78 is 19.1. The summed E-state index contributed by atoms with van der Waals surface area (Å²) in [6.07, 6.45) is 1.94. The summed E-state index contributed by atoms with van der Waals surface area (Å²) in [7, 11) is 4.79. The van der Waals surface area contributed by atoms with E-state index in [9.17, 15) is 4.79 Å². The van der Waals surface area contributed by atoms with Crippen LogP contribution in [0.2, 0.25) is 0 Å². The van der Waals surface area contributed by atoms with E-state index in [1.54, 1.807) is 27.4 Å². The maximum absolute atomic E-state index is 12.7. The third-order valence-corrected chi connectivity index (χ3v) is 5.54. The average molecular weight is 413 g/mol. The first kappa shape index (κ1) is 20.7. The molecule has 0 aliphatic heterocycles. The summed E-state index contributed by atoms with van der Waals surface area (Å²) in [4.78, 5) is 17.7. The van der Waals surface area contributed by atoms with Gasteiger partial charge in [-0.2, -0.15) is 4.99 Å². The monoisotopic (exact) mass is 412 g/mol. The predicted molar refractivity (Wildman–Crippen MR) is 115 cm³/mol. The van der Waals surface area contributed by atoms with Crippen molar-refractivity contribution < 1.29 is 19.0 Å². The molecule has 0 fully saturated rings.